The summed E-state index contributed by atoms with van der Waals surface area (Å²) < 4.78 is 11.1. The Hall–Kier alpha value is -3.64. The minimum atomic E-state index is -0.524. The van der Waals surface area contributed by atoms with Crippen molar-refractivity contribution in [2.75, 3.05) is 6.61 Å². The molecule has 1 amide bonds. The van der Waals surface area contributed by atoms with Crippen LogP contribution in [0, 0.1) is 6.92 Å². The molecule has 3 aromatic rings. The largest absolute Gasteiger partial charge is 0.483 e. The Morgan fingerprint density at radius 1 is 1.03 bits per heavy atom. The molecule has 0 heterocycles. The number of halogens is 1. The van der Waals surface area contributed by atoms with Gasteiger partial charge in [0.05, 0.1) is 11.8 Å². The Morgan fingerprint density at radius 2 is 1.76 bits per heavy atom. The Kier molecular flexibility index (Phi) is 8.22. The van der Waals surface area contributed by atoms with Crippen molar-refractivity contribution in [3.8, 4) is 11.5 Å². The van der Waals surface area contributed by atoms with Gasteiger partial charge < -0.3 is 9.47 Å². The highest BCUT2D eigenvalue weighted by atomic mass is 35.5. The van der Waals surface area contributed by atoms with E-state index in [0.29, 0.717) is 33.6 Å². The van der Waals surface area contributed by atoms with E-state index < -0.39 is 11.9 Å². The normalized spacial score (nSPS) is 10.9. The van der Waals surface area contributed by atoms with Gasteiger partial charge >= 0.3 is 5.97 Å². The molecule has 6 nitrogen and oxygen atoms in total. The molecule has 170 valence electrons. The molecule has 0 aliphatic heterocycles. The van der Waals surface area contributed by atoms with Crippen molar-refractivity contribution in [1.29, 1.82) is 0 Å². The summed E-state index contributed by atoms with van der Waals surface area (Å²) >= 11 is 5.86. The Morgan fingerprint density at radius 3 is 2.48 bits per heavy atom. The number of benzene rings is 3. The van der Waals surface area contributed by atoms with Crippen LogP contribution in [0.5, 0.6) is 11.5 Å². The first kappa shape index (κ1) is 24.0. The van der Waals surface area contributed by atoms with Gasteiger partial charge in [0.1, 0.15) is 11.5 Å². The van der Waals surface area contributed by atoms with E-state index in [1.54, 1.807) is 48.5 Å². The van der Waals surface area contributed by atoms with Crippen LogP contribution in [0.25, 0.3) is 0 Å². The summed E-state index contributed by atoms with van der Waals surface area (Å²) in [5.41, 5.74) is 5.41. The number of carbonyl (C=O) groups excluding carboxylic acids is 2. The number of nitrogens with one attached hydrogen (secondary N) is 1. The van der Waals surface area contributed by atoms with E-state index in [1.807, 2.05) is 19.1 Å². The fraction of sp³-hybridized carbons (Fsp3) is 0.192. The maximum atomic E-state index is 12.4. The van der Waals surface area contributed by atoms with Gasteiger partial charge in [-0.25, -0.2) is 10.2 Å². The zero-order chi connectivity index (χ0) is 23.8. The van der Waals surface area contributed by atoms with Crippen molar-refractivity contribution in [2.45, 2.75) is 26.7 Å². The van der Waals surface area contributed by atoms with Gasteiger partial charge in [0.2, 0.25) is 0 Å². The summed E-state index contributed by atoms with van der Waals surface area (Å²) in [6, 6.07) is 19.2. The van der Waals surface area contributed by atoms with Gasteiger partial charge in [-0.1, -0.05) is 49.7 Å². The lowest BCUT2D eigenvalue weighted by Gasteiger charge is -2.12. The van der Waals surface area contributed by atoms with Gasteiger partial charge in [-0.15, -0.1) is 0 Å². The predicted molar refractivity (Wildman–Crippen MR) is 129 cm³/mol. The highest BCUT2D eigenvalue weighted by Gasteiger charge is 2.11. The van der Waals surface area contributed by atoms with Crippen molar-refractivity contribution in [3.05, 3.63) is 94.0 Å². The van der Waals surface area contributed by atoms with E-state index in [2.05, 4.69) is 30.4 Å². The molecule has 0 spiro atoms. The van der Waals surface area contributed by atoms with Crippen LogP contribution in [0.3, 0.4) is 0 Å². The first-order valence-electron chi connectivity index (χ1n) is 10.5. The molecule has 0 atom stereocenters. The summed E-state index contributed by atoms with van der Waals surface area (Å²) in [7, 11) is 0. The first-order chi connectivity index (χ1) is 15.8. The van der Waals surface area contributed by atoms with E-state index in [4.69, 9.17) is 21.1 Å². The standard InChI is InChI=1S/C26H25ClN2O4/c1-17(2)20-9-8-18(3)24(14-20)32-16-25(30)29-28-15-21-6-4-5-7-23(21)33-26(31)19-10-12-22(27)13-11-19/h4-15,17H,16H2,1-3H3,(H,29,30)/b28-15+. The monoisotopic (exact) mass is 464 g/mol. The van der Waals surface area contributed by atoms with E-state index in [-0.39, 0.29) is 6.61 Å². The molecule has 3 aromatic carbocycles. The highest BCUT2D eigenvalue weighted by Crippen LogP contribution is 2.24. The molecule has 0 aliphatic rings. The molecule has 0 saturated carbocycles. The Labute approximate surface area is 198 Å². The minimum absolute atomic E-state index is 0.174. The van der Waals surface area contributed by atoms with E-state index in [9.17, 15) is 9.59 Å². The zero-order valence-electron chi connectivity index (χ0n) is 18.7. The Bertz CT molecular complexity index is 1160. The number of hydrogen-bond acceptors (Lipinski definition) is 5. The Balaban J connectivity index is 1.58. The molecule has 33 heavy (non-hydrogen) atoms. The molecule has 0 unspecified atom stereocenters. The summed E-state index contributed by atoms with van der Waals surface area (Å²) in [6.07, 6.45) is 1.41. The number of ether oxygens (including phenoxy) is 2. The molecule has 1 N–H and O–H groups in total. The first-order valence-corrected chi connectivity index (χ1v) is 10.8. The summed E-state index contributed by atoms with van der Waals surface area (Å²) in [4.78, 5) is 24.5. The molecule has 0 aliphatic carbocycles. The van der Waals surface area contributed by atoms with Crippen molar-refractivity contribution >= 4 is 29.7 Å². The molecule has 0 radical (unpaired) electrons. The van der Waals surface area contributed by atoms with Crippen LogP contribution in [0.4, 0.5) is 0 Å². The van der Waals surface area contributed by atoms with Gasteiger partial charge in [0.25, 0.3) is 5.91 Å². The number of amides is 1. The number of para-hydroxylation sites is 1. The molecular weight excluding hydrogens is 440 g/mol. The van der Waals surface area contributed by atoms with Gasteiger partial charge in [-0.05, 0) is 66.4 Å². The number of aryl methyl sites for hydroxylation is 1. The molecule has 0 aromatic heterocycles. The van der Waals surface area contributed by atoms with Gasteiger partial charge in [0, 0.05) is 10.6 Å². The fourth-order valence-electron chi connectivity index (χ4n) is 2.91. The topological polar surface area (TPSA) is 77.0 Å². The number of esters is 1. The molecule has 0 fully saturated rings. The quantitative estimate of drug-likeness (QED) is 0.206. The van der Waals surface area contributed by atoms with Crippen molar-refractivity contribution in [2.24, 2.45) is 5.10 Å². The van der Waals surface area contributed by atoms with Crippen molar-refractivity contribution in [3.63, 3.8) is 0 Å². The van der Waals surface area contributed by atoms with Crippen LogP contribution in [-0.2, 0) is 4.79 Å². The van der Waals surface area contributed by atoms with Crippen LogP contribution in [-0.4, -0.2) is 24.7 Å². The van der Waals surface area contributed by atoms with Gasteiger partial charge in [-0.3, -0.25) is 4.79 Å². The third-order valence-corrected chi connectivity index (χ3v) is 5.08. The third-order valence-electron chi connectivity index (χ3n) is 4.83. The number of nitrogens with zero attached hydrogens (tertiary/aromatic N) is 1. The van der Waals surface area contributed by atoms with Crippen molar-refractivity contribution in [1.82, 2.24) is 5.43 Å². The number of hydrogen-bond donors (Lipinski definition) is 1. The zero-order valence-corrected chi connectivity index (χ0v) is 19.4. The predicted octanol–water partition coefficient (Wildman–Crippen LogP) is 5.52. The van der Waals surface area contributed by atoms with Crippen LogP contribution < -0.4 is 14.9 Å². The average molecular weight is 465 g/mol. The van der Waals surface area contributed by atoms with Gasteiger partial charge in [-0.2, -0.15) is 5.10 Å². The van der Waals surface area contributed by atoms with Crippen LogP contribution in [0.2, 0.25) is 5.02 Å². The summed E-state index contributed by atoms with van der Waals surface area (Å²) in [5, 5.41) is 4.49. The van der Waals surface area contributed by atoms with Crippen LogP contribution in [0.15, 0.2) is 71.8 Å². The second-order valence-corrected chi connectivity index (χ2v) is 8.13. The summed E-state index contributed by atoms with van der Waals surface area (Å²) in [6.45, 7) is 5.95. The number of hydrazone groups is 1. The minimum Gasteiger partial charge on any atom is -0.483 e. The number of carbonyl (C=O) groups is 2. The maximum Gasteiger partial charge on any atom is 0.343 e. The van der Waals surface area contributed by atoms with E-state index in [1.165, 1.54) is 6.21 Å². The van der Waals surface area contributed by atoms with Gasteiger partial charge in [0.15, 0.2) is 6.61 Å². The second-order valence-electron chi connectivity index (χ2n) is 7.70. The summed E-state index contributed by atoms with van der Waals surface area (Å²) in [5.74, 6) is 0.410. The lowest BCUT2D eigenvalue weighted by molar-refractivity contribution is -0.123. The molecule has 0 saturated heterocycles. The highest BCUT2D eigenvalue weighted by molar-refractivity contribution is 6.30. The smallest absolute Gasteiger partial charge is 0.343 e. The van der Waals surface area contributed by atoms with Crippen LogP contribution >= 0.6 is 11.6 Å². The number of rotatable bonds is 8. The van der Waals surface area contributed by atoms with E-state index >= 15 is 0 Å². The van der Waals surface area contributed by atoms with Crippen molar-refractivity contribution < 1.29 is 19.1 Å². The SMILES string of the molecule is Cc1ccc(C(C)C)cc1OCC(=O)N/N=C/c1ccccc1OC(=O)c1ccc(Cl)cc1. The lowest BCUT2D eigenvalue weighted by Crippen LogP contribution is -2.24. The molecule has 7 heteroatoms. The fourth-order valence-corrected chi connectivity index (χ4v) is 3.03. The van der Waals surface area contributed by atoms with Crippen LogP contribution in [0.1, 0.15) is 46.8 Å². The average Bonchev–Trinajstić information content (AvgIpc) is 2.80. The molecular formula is C26H25ClN2O4. The molecule has 3 rings (SSSR count). The second kappa shape index (κ2) is 11.3. The third kappa shape index (κ3) is 6.92. The maximum absolute atomic E-state index is 12.4. The van der Waals surface area contributed by atoms with E-state index in [0.717, 1.165) is 11.1 Å². The lowest BCUT2D eigenvalue weighted by atomic mass is 10.0. The molecule has 0 bridgehead atoms.